The van der Waals surface area contributed by atoms with Gasteiger partial charge in [-0.2, -0.15) is 0 Å². The molecule has 1 aromatic rings. The Bertz CT molecular complexity index is 361. The SMILES string of the molecule is CCc1cc(C(=O)C(C)Br)ccc1CCl. The summed E-state index contributed by atoms with van der Waals surface area (Å²) >= 11 is 9.09. The third kappa shape index (κ3) is 3.05. The highest BCUT2D eigenvalue weighted by molar-refractivity contribution is 9.10. The Morgan fingerprint density at radius 1 is 1.47 bits per heavy atom. The van der Waals surface area contributed by atoms with Crippen molar-refractivity contribution in [2.24, 2.45) is 0 Å². The van der Waals surface area contributed by atoms with Crippen LogP contribution in [0.5, 0.6) is 0 Å². The van der Waals surface area contributed by atoms with Gasteiger partial charge in [0.2, 0.25) is 0 Å². The molecule has 1 atom stereocenters. The number of carbonyl (C=O) groups is 1. The van der Waals surface area contributed by atoms with Gasteiger partial charge in [0.05, 0.1) is 4.83 Å². The van der Waals surface area contributed by atoms with Crippen molar-refractivity contribution in [2.75, 3.05) is 0 Å². The third-order valence-electron chi connectivity index (χ3n) is 2.38. The minimum Gasteiger partial charge on any atom is -0.293 e. The van der Waals surface area contributed by atoms with Crippen LogP contribution in [0.2, 0.25) is 0 Å². The largest absolute Gasteiger partial charge is 0.293 e. The molecule has 3 heteroatoms. The maximum Gasteiger partial charge on any atom is 0.176 e. The van der Waals surface area contributed by atoms with Gasteiger partial charge in [-0.25, -0.2) is 0 Å². The molecular weight excluding hydrogens is 275 g/mol. The summed E-state index contributed by atoms with van der Waals surface area (Å²) in [4.78, 5) is 11.6. The first-order chi connectivity index (χ1) is 7.10. The zero-order chi connectivity index (χ0) is 11.4. The molecular formula is C12H14BrClO. The average Bonchev–Trinajstić information content (AvgIpc) is 2.26. The summed E-state index contributed by atoms with van der Waals surface area (Å²) in [5.41, 5.74) is 3.02. The lowest BCUT2D eigenvalue weighted by Crippen LogP contribution is -2.10. The standard InChI is InChI=1S/C12H14BrClO/c1-3-9-6-10(12(15)8(2)13)4-5-11(9)7-14/h4-6,8H,3,7H2,1-2H3. The summed E-state index contributed by atoms with van der Waals surface area (Å²) < 4.78 is 0. The van der Waals surface area contributed by atoms with Gasteiger partial charge in [-0.1, -0.05) is 35.0 Å². The Hall–Kier alpha value is -0.340. The van der Waals surface area contributed by atoms with Crippen molar-refractivity contribution in [2.45, 2.75) is 31.0 Å². The lowest BCUT2D eigenvalue weighted by Gasteiger charge is -2.08. The van der Waals surface area contributed by atoms with Crippen molar-refractivity contribution in [1.82, 2.24) is 0 Å². The molecule has 0 aromatic heterocycles. The van der Waals surface area contributed by atoms with Crippen molar-refractivity contribution >= 4 is 33.3 Å². The van der Waals surface area contributed by atoms with Crippen molar-refractivity contribution in [3.8, 4) is 0 Å². The van der Waals surface area contributed by atoms with Crippen LogP contribution in [-0.2, 0) is 12.3 Å². The van der Waals surface area contributed by atoms with E-state index >= 15 is 0 Å². The molecule has 0 aliphatic carbocycles. The minimum absolute atomic E-state index is 0.117. The number of aryl methyl sites for hydroxylation is 1. The van der Waals surface area contributed by atoms with Gasteiger partial charge in [-0.3, -0.25) is 4.79 Å². The number of hydrogen-bond acceptors (Lipinski definition) is 1. The molecule has 1 aromatic carbocycles. The van der Waals surface area contributed by atoms with Crippen LogP contribution in [0.4, 0.5) is 0 Å². The summed E-state index contributed by atoms with van der Waals surface area (Å²) in [6, 6.07) is 5.73. The highest BCUT2D eigenvalue weighted by Gasteiger charge is 2.13. The highest BCUT2D eigenvalue weighted by Crippen LogP contribution is 2.17. The zero-order valence-corrected chi connectivity index (χ0v) is 11.2. The molecule has 0 saturated heterocycles. The molecule has 0 N–H and O–H groups in total. The van der Waals surface area contributed by atoms with E-state index in [-0.39, 0.29) is 10.6 Å². The van der Waals surface area contributed by atoms with Gasteiger partial charge in [0.25, 0.3) is 0 Å². The molecule has 1 rings (SSSR count). The predicted octanol–water partition coefficient (Wildman–Crippen LogP) is 3.95. The Balaban J connectivity index is 3.08. The third-order valence-corrected chi connectivity index (χ3v) is 3.08. The molecule has 0 saturated carbocycles. The number of hydrogen-bond donors (Lipinski definition) is 0. The number of carbonyl (C=O) groups excluding carboxylic acids is 1. The number of halogens is 2. The predicted molar refractivity (Wildman–Crippen MR) is 68.1 cm³/mol. The Labute approximate surface area is 104 Å². The molecule has 0 aliphatic rings. The molecule has 0 bridgehead atoms. The van der Waals surface area contributed by atoms with E-state index in [1.807, 2.05) is 25.1 Å². The van der Waals surface area contributed by atoms with Gasteiger partial charge in [-0.15, -0.1) is 11.6 Å². The number of ketones is 1. The van der Waals surface area contributed by atoms with E-state index in [1.165, 1.54) is 0 Å². The first-order valence-electron chi connectivity index (χ1n) is 4.96. The number of rotatable bonds is 4. The molecule has 1 unspecified atom stereocenters. The Kier molecular flexibility index (Phi) is 4.81. The van der Waals surface area contributed by atoms with E-state index in [0.717, 1.165) is 23.1 Å². The summed E-state index contributed by atoms with van der Waals surface area (Å²) in [6.07, 6.45) is 0.903. The molecule has 0 spiro atoms. The summed E-state index contributed by atoms with van der Waals surface area (Å²) in [5, 5.41) is 0. The summed E-state index contributed by atoms with van der Waals surface area (Å²) in [5.74, 6) is 0.618. The normalized spacial score (nSPS) is 12.5. The molecule has 15 heavy (non-hydrogen) atoms. The van der Waals surface area contributed by atoms with Crippen LogP contribution in [0.1, 0.15) is 35.3 Å². The second kappa shape index (κ2) is 5.66. The van der Waals surface area contributed by atoms with Crippen LogP contribution in [-0.4, -0.2) is 10.6 Å². The van der Waals surface area contributed by atoms with E-state index in [0.29, 0.717) is 5.88 Å². The van der Waals surface area contributed by atoms with Gasteiger partial charge in [0.1, 0.15) is 0 Å². The first-order valence-corrected chi connectivity index (χ1v) is 6.41. The Morgan fingerprint density at radius 2 is 2.13 bits per heavy atom. The molecule has 0 radical (unpaired) electrons. The molecule has 82 valence electrons. The molecule has 0 fully saturated rings. The number of alkyl halides is 2. The van der Waals surface area contributed by atoms with Gasteiger partial charge in [-0.05, 0) is 30.5 Å². The topological polar surface area (TPSA) is 17.1 Å². The molecule has 0 aliphatic heterocycles. The van der Waals surface area contributed by atoms with Crippen molar-refractivity contribution in [1.29, 1.82) is 0 Å². The second-order valence-corrected chi connectivity index (χ2v) is 5.09. The van der Waals surface area contributed by atoms with E-state index in [9.17, 15) is 4.79 Å². The van der Waals surface area contributed by atoms with E-state index < -0.39 is 0 Å². The van der Waals surface area contributed by atoms with Crippen molar-refractivity contribution in [3.05, 3.63) is 34.9 Å². The number of benzene rings is 1. The molecule has 1 nitrogen and oxygen atoms in total. The summed E-state index contributed by atoms with van der Waals surface area (Å²) in [7, 11) is 0. The van der Waals surface area contributed by atoms with Crippen LogP contribution in [0, 0.1) is 0 Å². The molecule has 0 heterocycles. The van der Waals surface area contributed by atoms with E-state index in [1.54, 1.807) is 0 Å². The molecule has 0 amide bonds. The van der Waals surface area contributed by atoms with Gasteiger partial charge in [0.15, 0.2) is 5.78 Å². The highest BCUT2D eigenvalue weighted by atomic mass is 79.9. The average molecular weight is 290 g/mol. The maximum absolute atomic E-state index is 11.7. The smallest absolute Gasteiger partial charge is 0.176 e. The lowest BCUT2D eigenvalue weighted by molar-refractivity contribution is 0.0996. The fourth-order valence-electron chi connectivity index (χ4n) is 1.47. The monoisotopic (exact) mass is 288 g/mol. The quantitative estimate of drug-likeness (QED) is 0.606. The second-order valence-electron chi connectivity index (χ2n) is 3.45. The van der Waals surface area contributed by atoms with Crippen LogP contribution < -0.4 is 0 Å². The minimum atomic E-state index is -0.135. The summed E-state index contributed by atoms with van der Waals surface area (Å²) in [6.45, 7) is 3.90. The van der Waals surface area contributed by atoms with Gasteiger partial charge >= 0.3 is 0 Å². The zero-order valence-electron chi connectivity index (χ0n) is 8.89. The number of Topliss-reactive ketones (excluding diaryl/α,β-unsaturated/α-hetero) is 1. The fourth-order valence-corrected chi connectivity index (χ4v) is 1.99. The Morgan fingerprint density at radius 3 is 2.60 bits per heavy atom. The van der Waals surface area contributed by atoms with Gasteiger partial charge < -0.3 is 0 Å². The first kappa shape index (κ1) is 12.7. The fraction of sp³-hybridized carbons (Fsp3) is 0.417. The van der Waals surface area contributed by atoms with E-state index in [2.05, 4.69) is 22.9 Å². The van der Waals surface area contributed by atoms with Crippen molar-refractivity contribution < 1.29 is 4.79 Å². The van der Waals surface area contributed by atoms with Gasteiger partial charge in [0, 0.05) is 11.4 Å². The maximum atomic E-state index is 11.7. The van der Waals surface area contributed by atoms with E-state index in [4.69, 9.17) is 11.6 Å². The van der Waals surface area contributed by atoms with Crippen molar-refractivity contribution in [3.63, 3.8) is 0 Å². The lowest BCUT2D eigenvalue weighted by atomic mass is 10.00. The van der Waals surface area contributed by atoms with Crippen LogP contribution in [0.25, 0.3) is 0 Å². The van der Waals surface area contributed by atoms with Crippen LogP contribution in [0.3, 0.4) is 0 Å². The van der Waals surface area contributed by atoms with Crippen LogP contribution in [0.15, 0.2) is 18.2 Å². The van der Waals surface area contributed by atoms with Crippen LogP contribution >= 0.6 is 27.5 Å².